The Kier molecular flexibility index (Phi) is 8.06. The van der Waals surface area contributed by atoms with E-state index in [1.54, 1.807) is 7.11 Å². The number of nitrogens with one attached hydrogen (secondary N) is 1. The number of methoxy groups -OCH3 is 1. The Labute approximate surface area is 199 Å². The molecule has 0 fully saturated rings. The zero-order chi connectivity index (χ0) is 23.0. The number of likely N-dealkylation sites (N-methyl/N-ethyl adjacent to an activating group) is 1. The second-order valence-corrected chi connectivity index (χ2v) is 9.07. The van der Waals surface area contributed by atoms with Gasteiger partial charge in [-0.25, -0.2) is 0 Å². The summed E-state index contributed by atoms with van der Waals surface area (Å²) in [7, 11) is 1.76. The predicted octanol–water partition coefficient (Wildman–Crippen LogP) is 6.15. The molecule has 1 aliphatic carbocycles. The summed E-state index contributed by atoms with van der Waals surface area (Å²) in [6, 6.07) is 24.8. The first kappa shape index (κ1) is 23.4. The Hall–Kier alpha value is -2.78. The molecule has 1 aliphatic rings. The summed E-state index contributed by atoms with van der Waals surface area (Å²) < 4.78 is 5.63. The van der Waals surface area contributed by atoms with Crippen molar-refractivity contribution in [2.75, 3.05) is 31.6 Å². The average Bonchev–Trinajstić information content (AvgIpc) is 2.87. The zero-order valence-electron chi connectivity index (χ0n) is 20.4. The van der Waals surface area contributed by atoms with Gasteiger partial charge >= 0.3 is 0 Å². The van der Waals surface area contributed by atoms with Crippen molar-refractivity contribution in [2.45, 2.75) is 52.0 Å². The monoisotopic (exact) mass is 442 g/mol. The van der Waals surface area contributed by atoms with Crippen LogP contribution in [0.4, 0.5) is 5.69 Å². The summed E-state index contributed by atoms with van der Waals surface area (Å²) in [5.41, 5.74) is 8.54. The quantitative estimate of drug-likeness (QED) is 0.381. The summed E-state index contributed by atoms with van der Waals surface area (Å²) in [6.45, 7) is 8.35. The molecule has 0 aliphatic heterocycles. The van der Waals surface area contributed by atoms with E-state index < -0.39 is 0 Å². The molecule has 174 valence electrons. The molecule has 0 saturated heterocycles. The SMILES string of the molecule is CCNCCc1ccc(CN(CC)c2cc(OC)ccc2[C@@H]2CCc3ccccc3C2)cc1. The highest BCUT2D eigenvalue weighted by atomic mass is 16.5. The molecule has 0 spiro atoms. The summed E-state index contributed by atoms with van der Waals surface area (Å²) in [6.07, 6.45) is 4.56. The number of nitrogens with zero attached hydrogens (tertiary/aromatic N) is 1. The van der Waals surface area contributed by atoms with Crippen molar-refractivity contribution in [3.8, 4) is 5.75 Å². The summed E-state index contributed by atoms with van der Waals surface area (Å²) >= 11 is 0. The third-order valence-corrected chi connectivity index (χ3v) is 6.98. The van der Waals surface area contributed by atoms with E-state index in [1.165, 1.54) is 39.9 Å². The van der Waals surface area contributed by atoms with Gasteiger partial charge in [-0.05, 0) is 85.5 Å². The van der Waals surface area contributed by atoms with Gasteiger partial charge in [0.25, 0.3) is 0 Å². The Morgan fingerprint density at radius 3 is 2.42 bits per heavy atom. The standard InChI is InChI=1S/C30H38N2O/c1-4-31-19-18-23-10-12-24(13-11-23)22-32(5-2)30-21-28(33-3)16-17-29(30)27-15-14-25-8-6-7-9-26(25)20-27/h6-13,16-17,21,27,31H,4-5,14-15,18-20,22H2,1-3H3/t27-/m1/s1. The average molecular weight is 443 g/mol. The summed E-state index contributed by atoms with van der Waals surface area (Å²) in [5, 5.41) is 3.41. The molecule has 0 saturated carbocycles. The lowest BCUT2D eigenvalue weighted by molar-refractivity contribution is 0.414. The molecular formula is C30H38N2O. The number of hydrogen-bond acceptors (Lipinski definition) is 3. The van der Waals surface area contributed by atoms with E-state index in [0.29, 0.717) is 5.92 Å². The van der Waals surface area contributed by atoms with Gasteiger partial charge in [-0.1, -0.05) is 61.5 Å². The molecule has 0 bridgehead atoms. The van der Waals surface area contributed by atoms with Gasteiger partial charge in [-0.15, -0.1) is 0 Å². The lowest BCUT2D eigenvalue weighted by Gasteiger charge is -2.32. The van der Waals surface area contributed by atoms with Crippen LogP contribution in [0.25, 0.3) is 0 Å². The van der Waals surface area contributed by atoms with E-state index in [1.807, 2.05) is 0 Å². The van der Waals surface area contributed by atoms with Gasteiger partial charge in [0.2, 0.25) is 0 Å². The first-order valence-electron chi connectivity index (χ1n) is 12.5. The molecular weight excluding hydrogens is 404 g/mol. The van der Waals surface area contributed by atoms with Crippen molar-refractivity contribution in [2.24, 2.45) is 0 Å². The normalized spacial score (nSPS) is 15.2. The Morgan fingerprint density at radius 1 is 0.939 bits per heavy atom. The van der Waals surface area contributed by atoms with Crippen LogP contribution in [-0.4, -0.2) is 26.7 Å². The summed E-state index contributed by atoms with van der Waals surface area (Å²) in [4.78, 5) is 2.51. The van der Waals surface area contributed by atoms with Gasteiger partial charge in [-0.3, -0.25) is 0 Å². The molecule has 3 aromatic rings. The first-order chi connectivity index (χ1) is 16.2. The maximum atomic E-state index is 5.63. The zero-order valence-corrected chi connectivity index (χ0v) is 20.4. The van der Waals surface area contributed by atoms with Crippen molar-refractivity contribution in [1.82, 2.24) is 5.32 Å². The fraction of sp³-hybridized carbons (Fsp3) is 0.400. The maximum absolute atomic E-state index is 5.63. The third-order valence-electron chi connectivity index (χ3n) is 6.98. The highest BCUT2D eigenvalue weighted by Crippen LogP contribution is 2.39. The molecule has 4 rings (SSSR count). The van der Waals surface area contributed by atoms with Crippen LogP contribution < -0.4 is 15.0 Å². The Morgan fingerprint density at radius 2 is 1.70 bits per heavy atom. The van der Waals surface area contributed by atoms with E-state index in [2.05, 4.69) is 90.8 Å². The second kappa shape index (κ2) is 11.4. The fourth-order valence-electron chi connectivity index (χ4n) is 5.04. The van der Waals surface area contributed by atoms with Crippen LogP contribution in [0.2, 0.25) is 0 Å². The van der Waals surface area contributed by atoms with Gasteiger partial charge in [0, 0.05) is 24.8 Å². The smallest absolute Gasteiger partial charge is 0.120 e. The lowest BCUT2D eigenvalue weighted by Crippen LogP contribution is -2.25. The topological polar surface area (TPSA) is 24.5 Å². The van der Waals surface area contributed by atoms with Crippen molar-refractivity contribution >= 4 is 5.69 Å². The van der Waals surface area contributed by atoms with Crippen molar-refractivity contribution in [1.29, 1.82) is 0 Å². The van der Waals surface area contributed by atoms with E-state index in [0.717, 1.165) is 51.2 Å². The highest BCUT2D eigenvalue weighted by Gasteiger charge is 2.24. The van der Waals surface area contributed by atoms with Crippen molar-refractivity contribution in [3.63, 3.8) is 0 Å². The van der Waals surface area contributed by atoms with Crippen molar-refractivity contribution < 1.29 is 4.74 Å². The van der Waals surface area contributed by atoms with E-state index in [9.17, 15) is 0 Å². The van der Waals surface area contributed by atoms with Crippen LogP contribution in [0.3, 0.4) is 0 Å². The van der Waals surface area contributed by atoms with Gasteiger partial charge in [0.05, 0.1) is 7.11 Å². The number of anilines is 1. The third kappa shape index (κ3) is 5.78. The van der Waals surface area contributed by atoms with Crippen LogP contribution in [0.15, 0.2) is 66.7 Å². The number of hydrogen-bond donors (Lipinski definition) is 1. The van der Waals surface area contributed by atoms with Crippen molar-refractivity contribution in [3.05, 3.63) is 94.5 Å². The first-order valence-corrected chi connectivity index (χ1v) is 12.5. The Balaban J connectivity index is 1.56. The van der Waals surface area contributed by atoms with Crippen LogP contribution in [0.1, 0.15) is 54.0 Å². The number of ether oxygens (including phenoxy) is 1. The number of aryl methyl sites for hydroxylation is 1. The minimum Gasteiger partial charge on any atom is -0.497 e. The van der Waals surface area contributed by atoms with Crippen LogP contribution >= 0.6 is 0 Å². The number of rotatable bonds is 10. The lowest BCUT2D eigenvalue weighted by atomic mass is 9.79. The van der Waals surface area contributed by atoms with Gasteiger partial charge in [0.1, 0.15) is 5.75 Å². The van der Waals surface area contributed by atoms with Crippen LogP contribution in [0.5, 0.6) is 5.75 Å². The van der Waals surface area contributed by atoms with E-state index in [-0.39, 0.29) is 0 Å². The molecule has 3 nitrogen and oxygen atoms in total. The maximum Gasteiger partial charge on any atom is 0.120 e. The minimum absolute atomic E-state index is 0.545. The number of fused-ring (bicyclic) bond motifs is 1. The van der Waals surface area contributed by atoms with Gasteiger partial charge < -0.3 is 15.0 Å². The van der Waals surface area contributed by atoms with E-state index >= 15 is 0 Å². The van der Waals surface area contributed by atoms with Gasteiger partial charge in [0.15, 0.2) is 0 Å². The molecule has 1 N–H and O–H groups in total. The predicted molar refractivity (Wildman–Crippen MR) is 140 cm³/mol. The molecule has 3 aromatic carbocycles. The molecule has 0 amide bonds. The largest absolute Gasteiger partial charge is 0.497 e. The molecule has 0 radical (unpaired) electrons. The van der Waals surface area contributed by atoms with E-state index in [4.69, 9.17) is 4.74 Å². The minimum atomic E-state index is 0.545. The molecule has 3 heteroatoms. The molecule has 33 heavy (non-hydrogen) atoms. The molecule has 0 aromatic heterocycles. The summed E-state index contributed by atoms with van der Waals surface area (Å²) in [5.74, 6) is 1.48. The highest BCUT2D eigenvalue weighted by molar-refractivity contribution is 5.59. The number of benzene rings is 3. The van der Waals surface area contributed by atoms with Crippen LogP contribution in [-0.2, 0) is 25.8 Å². The Bertz CT molecular complexity index is 1030. The molecule has 0 unspecified atom stereocenters. The van der Waals surface area contributed by atoms with Crippen LogP contribution in [0, 0.1) is 0 Å². The van der Waals surface area contributed by atoms with Gasteiger partial charge in [-0.2, -0.15) is 0 Å². The molecule has 1 atom stereocenters. The fourth-order valence-corrected chi connectivity index (χ4v) is 5.04. The molecule has 0 heterocycles. The second-order valence-electron chi connectivity index (χ2n) is 9.07.